The van der Waals surface area contributed by atoms with Gasteiger partial charge in [0, 0.05) is 0 Å². The van der Waals surface area contributed by atoms with Crippen LogP contribution in [0.25, 0.3) is 0 Å². The van der Waals surface area contributed by atoms with Gasteiger partial charge in [-0.05, 0) is 0 Å². The van der Waals surface area contributed by atoms with E-state index in [9.17, 15) is 0 Å². The normalized spacial score (nSPS) is 17.9. The van der Waals surface area contributed by atoms with Gasteiger partial charge in [0.2, 0.25) is 0 Å². The molecule has 2 nitrogen and oxygen atoms in total. The summed E-state index contributed by atoms with van der Waals surface area (Å²) in [6.45, 7) is 5.07. The molecule has 0 saturated heterocycles. The van der Waals surface area contributed by atoms with E-state index in [1.54, 1.807) is 15.5 Å². The van der Waals surface area contributed by atoms with Crippen LogP contribution < -0.4 is 34.9 Å². The second-order valence-corrected chi connectivity index (χ2v) is 13.6. The van der Waals surface area contributed by atoms with E-state index in [-0.39, 0.29) is 20.4 Å². The molecule has 3 heterocycles. The Morgan fingerprint density at radius 2 is 1.59 bits per heavy atom. The van der Waals surface area contributed by atoms with Crippen molar-refractivity contribution in [3.8, 4) is 5.75 Å². The molecule has 0 unspecified atom stereocenters. The van der Waals surface area contributed by atoms with Crippen molar-refractivity contribution in [1.29, 1.82) is 0 Å². The van der Waals surface area contributed by atoms with Crippen LogP contribution in [0.4, 0.5) is 11.4 Å². The summed E-state index contributed by atoms with van der Waals surface area (Å²) >= 11 is 0.266. The molecule has 192 valence electrons. The van der Waals surface area contributed by atoms with Crippen LogP contribution in [0, 0.1) is 0 Å². The van der Waals surface area contributed by atoms with Crippen LogP contribution in [0.1, 0.15) is 63.5 Å². The molecule has 0 amide bonds. The number of hydrogen-bond acceptors (Lipinski definition) is 2. The topological polar surface area (TPSA) is 12.5 Å². The van der Waals surface area contributed by atoms with Crippen LogP contribution in [0.2, 0.25) is 0 Å². The average molecular weight is 572 g/mol. The standard InChI is InChI=1S/C35H32BNOSe/c1-3-35(4-2)24-12-5-6-14-26(24)36-27-21-20-23(22-33(27)39-32-19-11-13-25(35)34(32)36)37-28-15-7-9-17-30(28)38-31-18-10-8-16-29(31)37/h5-7,9,11-15,17,19-22H,3-4,8,10,16,18H2,1-2H3. The molecule has 4 aromatic carbocycles. The molecule has 0 atom stereocenters. The molecule has 8 rings (SSSR count). The first kappa shape index (κ1) is 23.7. The van der Waals surface area contributed by atoms with Gasteiger partial charge in [-0.25, -0.2) is 0 Å². The second-order valence-electron chi connectivity index (χ2n) is 11.3. The van der Waals surface area contributed by atoms with Gasteiger partial charge in [0.25, 0.3) is 0 Å². The Bertz CT molecular complexity index is 1670. The minimum absolute atomic E-state index is 0.104. The van der Waals surface area contributed by atoms with Gasteiger partial charge in [-0.2, -0.15) is 0 Å². The summed E-state index contributed by atoms with van der Waals surface area (Å²) in [5.74, 6) is 2.14. The van der Waals surface area contributed by atoms with Gasteiger partial charge in [-0.3, -0.25) is 0 Å². The average Bonchev–Trinajstić information content (AvgIpc) is 2.99. The van der Waals surface area contributed by atoms with Crippen LogP contribution in [0.5, 0.6) is 5.75 Å². The van der Waals surface area contributed by atoms with Gasteiger partial charge in [-0.15, -0.1) is 0 Å². The number of rotatable bonds is 3. The molecule has 39 heavy (non-hydrogen) atoms. The zero-order valence-corrected chi connectivity index (χ0v) is 24.4. The molecule has 1 aliphatic carbocycles. The van der Waals surface area contributed by atoms with Crippen molar-refractivity contribution in [3.63, 3.8) is 0 Å². The Balaban J connectivity index is 1.32. The van der Waals surface area contributed by atoms with Crippen molar-refractivity contribution in [3.05, 3.63) is 108 Å². The van der Waals surface area contributed by atoms with Crippen molar-refractivity contribution in [1.82, 2.24) is 0 Å². The van der Waals surface area contributed by atoms with Gasteiger partial charge in [0.15, 0.2) is 0 Å². The van der Waals surface area contributed by atoms with Crippen molar-refractivity contribution in [2.24, 2.45) is 0 Å². The number of anilines is 2. The Morgan fingerprint density at radius 1 is 0.795 bits per heavy atom. The third-order valence-electron chi connectivity index (χ3n) is 9.65. The first-order valence-corrected chi connectivity index (χ1v) is 16.3. The molecule has 0 radical (unpaired) electrons. The van der Waals surface area contributed by atoms with E-state index < -0.39 is 0 Å². The fourth-order valence-electron chi connectivity index (χ4n) is 7.78. The van der Waals surface area contributed by atoms with Gasteiger partial charge in [0.1, 0.15) is 0 Å². The number of ether oxygens (including phenoxy) is 1. The number of benzene rings is 4. The number of allylic oxidation sites excluding steroid dienone is 2. The Morgan fingerprint density at radius 3 is 2.49 bits per heavy atom. The third kappa shape index (κ3) is 3.28. The van der Waals surface area contributed by atoms with Crippen LogP contribution in [0.3, 0.4) is 0 Å². The van der Waals surface area contributed by atoms with E-state index in [1.165, 1.54) is 50.9 Å². The molecule has 0 N–H and O–H groups in total. The van der Waals surface area contributed by atoms with Crippen molar-refractivity contribution < 1.29 is 4.74 Å². The molecule has 0 bridgehead atoms. The van der Waals surface area contributed by atoms with E-state index in [1.807, 2.05) is 0 Å². The summed E-state index contributed by atoms with van der Waals surface area (Å²) in [5, 5.41) is 0. The van der Waals surface area contributed by atoms with Crippen LogP contribution in [0.15, 0.2) is 96.4 Å². The van der Waals surface area contributed by atoms with E-state index in [4.69, 9.17) is 4.74 Å². The quantitative estimate of drug-likeness (QED) is 0.285. The Labute approximate surface area is 238 Å². The van der Waals surface area contributed by atoms with E-state index in [2.05, 4.69) is 104 Å². The van der Waals surface area contributed by atoms with Gasteiger partial charge in [-0.1, -0.05) is 0 Å². The second kappa shape index (κ2) is 8.91. The summed E-state index contributed by atoms with van der Waals surface area (Å²) in [6, 6.07) is 32.4. The number of hydrogen-bond donors (Lipinski definition) is 0. The third-order valence-corrected chi connectivity index (χ3v) is 12.1. The Kier molecular flexibility index (Phi) is 5.41. The minimum atomic E-state index is 0.104. The predicted molar refractivity (Wildman–Crippen MR) is 165 cm³/mol. The SMILES string of the molecule is CCC1(CC)c2ccccc2B2c3ccc(N4C5=C(CCCC5)Oc5ccccc54)cc3[Se]c3cccc1c32. The van der Waals surface area contributed by atoms with Crippen molar-refractivity contribution in [2.75, 3.05) is 4.90 Å². The molecular weight excluding hydrogens is 540 g/mol. The van der Waals surface area contributed by atoms with E-state index in [0.29, 0.717) is 6.71 Å². The summed E-state index contributed by atoms with van der Waals surface area (Å²) in [5.41, 5.74) is 11.6. The monoisotopic (exact) mass is 573 g/mol. The molecule has 0 saturated carbocycles. The Hall–Kier alpha value is -3.20. The molecule has 3 aliphatic heterocycles. The predicted octanol–water partition coefficient (Wildman–Crippen LogP) is 4.91. The maximum atomic E-state index is 6.42. The summed E-state index contributed by atoms with van der Waals surface area (Å²) in [7, 11) is 0. The first-order valence-electron chi connectivity index (χ1n) is 14.6. The van der Waals surface area contributed by atoms with Gasteiger partial charge < -0.3 is 0 Å². The van der Waals surface area contributed by atoms with Crippen LogP contribution in [-0.4, -0.2) is 21.7 Å². The van der Waals surface area contributed by atoms with E-state index >= 15 is 0 Å². The summed E-state index contributed by atoms with van der Waals surface area (Å²) in [4.78, 5) is 2.50. The number of fused-ring (bicyclic) bond motifs is 5. The van der Waals surface area contributed by atoms with Crippen molar-refractivity contribution >= 4 is 58.4 Å². The number of para-hydroxylation sites is 2. The molecule has 0 spiro atoms. The van der Waals surface area contributed by atoms with Gasteiger partial charge in [0.05, 0.1) is 0 Å². The fourth-order valence-corrected chi connectivity index (χ4v) is 10.3. The first-order chi connectivity index (χ1) is 19.2. The molecule has 4 aromatic rings. The van der Waals surface area contributed by atoms with E-state index in [0.717, 1.165) is 37.2 Å². The molecule has 0 aromatic heterocycles. The summed E-state index contributed by atoms with van der Waals surface area (Å²) in [6.07, 6.45) is 6.80. The molecular formula is C35H32BNOSe. The zero-order valence-electron chi connectivity index (χ0n) is 22.7. The molecule has 4 heteroatoms. The fraction of sp³-hybridized carbons (Fsp3) is 0.257. The molecule has 4 aliphatic rings. The van der Waals surface area contributed by atoms with Crippen LogP contribution in [-0.2, 0) is 5.41 Å². The van der Waals surface area contributed by atoms with Crippen LogP contribution >= 0.6 is 0 Å². The van der Waals surface area contributed by atoms with Crippen molar-refractivity contribution in [2.45, 2.75) is 57.8 Å². The van der Waals surface area contributed by atoms with Gasteiger partial charge >= 0.3 is 239 Å². The zero-order chi connectivity index (χ0) is 26.1. The maximum absolute atomic E-state index is 6.42. The summed E-state index contributed by atoms with van der Waals surface area (Å²) < 4.78 is 9.51. The number of nitrogens with zero attached hydrogens (tertiary/aromatic N) is 1. The molecule has 0 fully saturated rings.